The molecule has 0 saturated heterocycles. The van der Waals surface area contributed by atoms with Crippen molar-refractivity contribution in [2.75, 3.05) is 6.54 Å². The Morgan fingerprint density at radius 2 is 2.00 bits per heavy atom. The standard InChI is InChI=1S/C15H19Br2NO/c1-4-5-18-8-13-14(9(2)3)11-6-10(16)7-12(17)15(11)19-13/h6-7,9,18H,4-5,8H2,1-3H3. The number of furan rings is 1. The van der Waals surface area contributed by atoms with Gasteiger partial charge in [0.15, 0.2) is 0 Å². The van der Waals surface area contributed by atoms with Gasteiger partial charge in [-0.25, -0.2) is 0 Å². The molecular weight excluding hydrogens is 370 g/mol. The van der Waals surface area contributed by atoms with Crippen LogP contribution in [0.2, 0.25) is 0 Å². The topological polar surface area (TPSA) is 25.2 Å². The van der Waals surface area contributed by atoms with E-state index < -0.39 is 0 Å². The lowest BCUT2D eigenvalue weighted by Gasteiger charge is -2.07. The van der Waals surface area contributed by atoms with Crippen LogP contribution in [0.15, 0.2) is 25.5 Å². The van der Waals surface area contributed by atoms with Crippen LogP contribution in [0.1, 0.15) is 44.4 Å². The molecule has 0 spiro atoms. The zero-order valence-electron chi connectivity index (χ0n) is 11.5. The Morgan fingerprint density at radius 3 is 2.63 bits per heavy atom. The van der Waals surface area contributed by atoms with Gasteiger partial charge in [-0.2, -0.15) is 0 Å². The molecule has 0 amide bonds. The molecule has 2 rings (SSSR count). The molecular formula is C15H19Br2NO. The van der Waals surface area contributed by atoms with Crippen molar-refractivity contribution in [2.45, 2.75) is 39.7 Å². The summed E-state index contributed by atoms with van der Waals surface area (Å²) in [7, 11) is 0. The zero-order valence-corrected chi connectivity index (χ0v) is 14.7. The highest BCUT2D eigenvalue weighted by Gasteiger charge is 2.18. The molecule has 1 aromatic heterocycles. The number of benzene rings is 1. The molecule has 0 bridgehead atoms. The minimum absolute atomic E-state index is 0.445. The largest absolute Gasteiger partial charge is 0.458 e. The van der Waals surface area contributed by atoms with Crippen molar-refractivity contribution in [2.24, 2.45) is 0 Å². The molecule has 0 atom stereocenters. The summed E-state index contributed by atoms with van der Waals surface area (Å²) in [6, 6.07) is 4.17. The van der Waals surface area contributed by atoms with Crippen LogP contribution in [0.25, 0.3) is 11.0 Å². The first-order chi connectivity index (χ1) is 9.04. The summed E-state index contributed by atoms with van der Waals surface area (Å²) in [5.41, 5.74) is 2.25. The molecule has 1 heterocycles. The fourth-order valence-corrected chi connectivity index (χ4v) is 3.64. The smallest absolute Gasteiger partial charge is 0.148 e. The third-order valence-corrected chi connectivity index (χ3v) is 4.16. The Hall–Kier alpha value is -0.320. The van der Waals surface area contributed by atoms with E-state index in [-0.39, 0.29) is 0 Å². The van der Waals surface area contributed by atoms with E-state index in [1.165, 1.54) is 10.9 Å². The van der Waals surface area contributed by atoms with Crippen molar-refractivity contribution >= 4 is 42.8 Å². The highest BCUT2D eigenvalue weighted by molar-refractivity contribution is 9.11. The fourth-order valence-electron chi connectivity index (χ4n) is 2.34. The van der Waals surface area contributed by atoms with E-state index in [0.717, 1.165) is 39.8 Å². The van der Waals surface area contributed by atoms with Crippen molar-refractivity contribution < 1.29 is 4.42 Å². The Morgan fingerprint density at radius 1 is 1.26 bits per heavy atom. The van der Waals surface area contributed by atoms with Gasteiger partial charge in [0.25, 0.3) is 0 Å². The molecule has 1 aromatic carbocycles. The molecule has 0 aliphatic heterocycles. The third kappa shape index (κ3) is 3.23. The monoisotopic (exact) mass is 387 g/mol. The first-order valence-corrected chi connectivity index (χ1v) is 8.24. The van der Waals surface area contributed by atoms with Crippen LogP contribution in [0.3, 0.4) is 0 Å². The Bertz CT molecular complexity index is 575. The second kappa shape index (κ2) is 6.42. The number of fused-ring (bicyclic) bond motifs is 1. The molecule has 4 heteroatoms. The van der Waals surface area contributed by atoms with E-state index in [1.54, 1.807) is 0 Å². The van der Waals surface area contributed by atoms with Gasteiger partial charge in [-0.1, -0.05) is 36.7 Å². The van der Waals surface area contributed by atoms with E-state index in [4.69, 9.17) is 4.42 Å². The van der Waals surface area contributed by atoms with Gasteiger partial charge in [-0.15, -0.1) is 0 Å². The first-order valence-electron chi connectivity index (χ1n) is 6.65. The number of halogens is 2. The van der Waals surface area contributed by atoms with Gasteiger partial charge in [-0.3, -0.25) is 0 Å². The van der Waals surface area contributed by atoms with Crippen LogP contribution >= 0.6 is 31.9 Å². The molecule has 104 valence electrons. The third-order valence-electron chi connectivity index (χ3n) is 3.11. The minimum atomic E-state index is 0.445. The molecule has 2 nitrogen and oxygen atoms in total. The van der Waals surface area contributed by atoms with E-state index in [9.17, 15) is 0 Å². The quantitative estimate of drug-likeness (QED) is 0.676. The van der Waals surface area contributed by atoms with Crippen molar-refractivity contribution in [1.29, 1.82) is 0 Å². The van der Waals surface area contributed by atoms with E-state index in [0.29, 0.717) is 5.92 Å². The van der Waals surface area contributed by atoms with Gasteiger partial charge in [0.2, 0.25) is 0 Å². The molecule has 0 unspecified atom stereocenters. The summed E-state index contributed by atoms with van der Waals surface area (Å²) in [6.07, 6.45) is 1.13. The van der Waals surface area contributed by atoms with E-state index in [1.807, 2.05) is 6.07 Å². The summed E-state index contributed by atoms with van der Waals surface area (Å²) in [5, 5.41) is 4.62. The fraction of sp³-hybridized carbons (Fsp3) is 0.467. The molecule has 0 radical (unpaired) electrons. The predicted molar refractivity (Wildman–Crippen MR) is 87.7 cm³/mol. The average molecular weight is 389 g/mol. The maximum atomic E-state index is 6.06. The summed E-state index contributed by atoms with van der Waals surface area (Å²) >= 11 is 7.13. The predicted octanol–water partition coefficient (Wildman–Crippen LogP) is 5.58. The van der Waals surface area contributed by atoms with Crippen molar-refractivity contribution in [3.63, 3.8) is 0 Å². The molecule has 0 fully saturated rings. The molecule has 19 heavy (non-hydrogen) atoms. The maximum absolute atomic E-state index is 6.06. The van der Waals surface area contributed by atoms with Crippen LogP contribution < -0.4 is 5.32 Å². The summed E-state index contributed by atoms with van der Waals surface area (Å²) in [4.78, 5) is 0. The normalized spacial score (nSPS) is 11.7. The summed E-state index contributed by atoms with van der Waals surface area (Å²) in [5.74, 6) is 1.50. The molecule has 2 aromatic rings. The SMILES string of the molecule is CCCNCc1oc2c(Br)cc(Br)cc2c1C(C)C. The van der Waals surface area contributed by atoms with Crippen LogP contribution in [-0.4, -0.2) is 6.54 Å². The first kappa shape index (κ1) is 15.1. The van der Waals surface area contributed by atoms with Gasteiger partial charge >= 0.3 is 0 Å². The van der Waals surface area contributed by atoms with Crippen molar-refractivity contribution in [1.82, 2.24) is 5.32 Å². The van der Waals surface area contributed by atoms with Crippen LogP contribution in [-0.2, 0) is 6.54 Å². The van der Waals surface area contributed by atoms with Gasteiger partial charge in [-0.05, 0) is 46.9 Å². The highest BCUT2D eigenvalue weighted by Crippen LogP contribution is 2.37. The zero-order chi connectivity index (χ0) is 14.0. The number of hydrogen-bond acceptors (Lipinski definition) is 2. The van der Waals surface area contributed by atoms with E-state index in [2.05, 4.69) is 64.0 Å². The molecule has 0 saturated carbocycles. The highest BCUT2D eigenvalue weighted by atomic mass is 79.9. The number of nitrogens with one attached hydrogen (secondary N) is 1. The van der Waals surface area contributed by atoms with Crippen LogP contribution in [0.4, 0.5) is 0 Å². The number of rotatable bonds is 5. The lowest BCUT2D eigenvalue weighted by atomic mass is 9.99. The van der Waals surface area contributed by atoms with Gasteiger partial charge < -0.3 is 9.73 Å². The van der Waals surface area contributed by atoms with Crippen molar-refractivity contribution in [3.8, 4) is 0 Å². The van der Waals surface area contributed by atoms with Gasteiger partial charge in [0.1, 0.15) is 11.3 Å². The van der Waals surface area contributed by atoms with Crippen LogP contribution in [0, 0.1) is 0 Å². The summed E-state index contributed by atoms with van der Waals surface area (Å²) < 4.78 is 8.13. The average Bonchev–Trinajstić information content (AvgIpc) is 2.68. The van der Waals surface area contributed by atoms with Crippen LogP contribution in [0.5, 0.6) is 0 Å². The Kier molecular flexibility index (Phi) is 5.09. The summed E-state index contributed by atoms with van der Waals surface area (Å²) in [6.45, 7) is 8.40. The molecule has 0 aliphatic rings. The second-order valence-electron chi connectivity index (χ2n) is 5.03. The number of hydrogen-bond donors (Lipinski definition) is 1. The molecule has 1 N–H and O–H groups in total. The maximum Gasteiger partial charge on any atom is 0.148 e. The van der Waals surface area contributed by atoms with Gasteiger partial charge in [0, 0.05) is 15.4 Å². The Labute approximate surface area is 131 Å². The lowest BCUT2D eigenvalue weighted by Crippen LogP contribution is -2.14. The Balaban J connectivity index is 2.51. The van der Waals surface area contributed by atoms with Gasteiger partial charge in [0.05, 0.1) is 11.0 Å². The van der Waals surface area contributed by atoms with Crippen molar-refractivity contribution in [3.05, 3.63) is 32.4 Å². The molecule has 0 aliphatic carbocycles. The van der Waals surface area contributed by atoms with E-state index >= 15 is 0 Å². The lowest BCUT2D eigenvalue weighted by molar-refractivity contribution is 0.503. The second-order valence-corrected chi connectivity index (χ2v) is 6.80. The minimum Gasteiger partial charge on any atom is -0.458 e.